The lowest BCUT2D eigenvalue weighted by atomic mass is 10.2. The molecule has 1 saturated heterocycles. The van der Waals surface area contributed by atoms with Crippen LogP contribution in [0.3, 0.4) is 0 Å². The van der Waals surface area contributed by atoms with Crippen molar-refractivity contribution in [1.82, 2.24) is 5.32 Å². The topological polar surface area (TPSA) is 54.3 Å². The third-order valence-electron chi connectivity index (χ3n) is 3.15. The number of rotatable bonds is 2. The summed E-state index contributed by atoms with van der Waals surface area (Å²) in [4.78, 5) is 12.0. The Kier molecular flexibility index (Phi) is 3.09. The number of amides is 1. The van der Waals surface area contributed by atoms with Gasteiger partial charge in [0, 0.05) is 11.1 Å². The van der Waals surface area contributed by atoms with E-state index in [1.54, 1.807) is 6.26 Å². The molecule has 1 aromatic heterocycles. The quantitative estimate of drug-likeness (QED) is 0.897. The van der Waals surface area contributed by atoms with Crippen LogP contribution in [0.1, 0.15) is 12.8 Å². The van der Waals surface area contributed by atoms with Gasteiger partial charge in [-0.1, -0.05) is 0 Å². The lowest BCUT2D eigenvalue weighted by Gasteiger charge is -2.11. The molecule has 1 aliphatic rings. The van der Waals surface area contributed by atoms with Gasteiger partial charge in [-0.2, -0.15) is 0 Å². The molecule has 1 fully saturated rings. The van der Waals surface area contributed by atoms with Crippen molar-refractivity contribution in [2.75, 3.05) is 11.9 Å². The minimum Gasteiger partial charge on any atom is -0.463 e. The molecule has 1 atom stereocenters. The number of furan rings is 1. The van der Waals surface area contributed by atoms with Crippen LogP contribution in [-0.2, 0) is 4.79 Å². The molecule has 0 radical (unpaired) electrons. The molecule has 0 aliphatic carbocycles. The number of hydrogen-bond donors (Lipinski definition) is 2. The second-order valence-corrected chi connectivity index (χ2v) is 5.29. The Morgan fingerprint density at radius 2 is 2.39 bits per heavy atom. The van der Waals surface area contributed by atoms with Crippen LogP contribution in [0, 0.1) is 0 Å². The molecule has 2 N–H and O–H groups in total. The normalized spacial score (nSPS) is 19.3. The first kappa shape index (κ1) is 11.7. The highest BCUT2D eigenvalue weighted by atomic mass is 79.9. The first-order valence-corrected chi connectivity index (χ1v) is 6.74. The van der Waals surface area contributed by atoms with Gasteiger partial charge in [0.25, 0.3) is 0 Å². The minimum absolute atomic E-state index is 0.0299. The fourth-order valence-electron chi connectivity index (χ4n) is 2.25. The summed E-state index contributed by atoms with van der Waals surface area (Å²) in [6.07, 6.45) is 3.60. The van der Waals surface area contributed by atoms with E-state index in [4.69, 9.17) is 4.42 Å². The van der Waals surface area contributed by atoms with Crippen LogP contribution in [0.25, 0.3) is 11.0 Å². The molecular weight excluding hydrogens is 296 g/mol. The third kappa shape index (κ3) is 2.15. The monoisotopic (exact) mass is 308 g/mol. The molecule has 1 amide bonds. The van der Waals surface area contributed by atoms with E-state index in [2.05, 4.69) is 26.6 Å². The van der Waals surface area contributed by atoms with Crippen molar-refractivity contribution in [1.29, 1.82) is 0 Å². The van der Waals surface area contributed by atoms with Crippen molar-refractivity contribution in [2.45, 2.75) is 18.9 Å². The number of carbonyl (C=O) groups excluding carboxylic acids is 1. The van der Waals surface area contributed by atoms with Gasteiger partial charge in [0.1, 0.15) is 5.58 Å². The van der Waals surface area contributed by atoms with Crippen molar-refractivity contribution in [3.63, 3.8) is 0 Å². The van der Waals surface area contributed by atoms with E-state index in [1.165, 1.54) is 0 Å². The van der Waals surface area contributed by atoms with E-state index in [0.29, 0.717) is 0 Å². The molecular formula is C13H13BrN2O2. The van der Waals surface area contributed by atoms with Gasteiger partial charge in [0.2, 0.25) is 5.91 Å². The number of fused-ring (bicyclic) bond motifs is 1. The molecule has 0 spiro atoms. The zero-order valence-electron chi connectivity index (χ0n) is 9.70. The van der Waals surface area contributed by atoms with Crippen LogP contribution in [0.2, 0.25) is 0 Å². The van der Waals surface area contributed by atoms with Gasteiger partial charge in [-0.05, 0) is 53.5 Å². The summed E-state index contributed by atoms with van der Waals surface area (Å²) in [6.45, 7) is 0.919. The van der Waals surface area contributed by atoms with Gasteiger partial charge < -0.3 is 15.1 Å². The fraction of sp³-hybridized carbons (Fsp3) is 0.308. The smallest absolute Gasteiger partial charge is 0.241 e. The molecule has 3 rings (SSSR count). The number of hydrogen-bond acceptors (Lipinski definition) is 3. The molecule has 94 valence electrons. The number of anilines is 1. The first-order chi connectivity index (χ1) is 8.74. The van der Waals surface area contributed by atoms with E-state index in [0.717, 1.165) is 40.5 Å². The first-order valence-electron chi connectivity index (χ1n) is 5.95. The second kappa shape index (κ2) is 4.74. The number of halogens is 1. The summed E-state index contributed by atoms with van der Waals surface area (Å²) in [7, 11) is 0. The molecule has 0 saturated carbocycles. The Balaban J connectivity index is 1.83. The number of carbonyl (C=O) groups is 1. The van der Waals surface area contributed by atoms with E-state index in [1.807, 2.05) is 18.2 Å². The summed E-state index contributed by atoms with van der Waals surface area (Å²) in [6, 6.07) is 5.59. The van der Waals surface area contributed by atoms with Gasteiger partial charge in [0.05, 0.1) is 16.8 Å². The van der Waals surface area contributed by atoms with Gasteiger partial charge in [0.15, 0.2) is 0 Å². The predicted octanol–water partition coefficient (Wildman–Crippen LogP) is 2.89. The van der Waals surface area contributed by atoms with Crippen LogP contribution >= 0.6 is 15.9 Å². The highest BCUT2D eigenvalue weighted by molar-refractivity contribution is 9.10. The van der Waals surface area contributed by atoms with Gasteiger partial charge in [-0.15, -0.1) is 0 Å². The van der Waals surface area contributed by atoms with E-state index in [9.17, 15) is 4.79 Å². The standard InChI is InChI=1S/C13H13BrN2O2/c14-10-7-9(6-8-3-5-18-12(8)10)16-13(17)11-2-1-4-15-11/h3,5-7,11,15H,1-2,4H2,(H,16,17)/t11-/m0/s1. The van der Waals surface area contributed by atoms with E-state index < -0.39 is 0 Å². The average Bonchev–Trinajstić information content (AvgIpc) is 2.99. The average molecular weight is 309 g/mol. The van der Waals surface area contributed by atoms with Crippen LogP contribution in [-0.4, -0.2) is 18.5 Å². The maximum atomic E-state index is 12.0. The van der Waals surface area contributed by atoms with Gasteiger partial charge in [-0.25, -0.2) is 0 Å². The summed E-state index contributed by atoms with van der Waals surface area (Å²) in [5, 5.41) is 7.09. The van der Waals surface area contributed by atoms with Crippen molar-refractivity contribution in [3.05, 3.63) is 28.9 Å². The summed E-state index contributed by atoms with van der Waals surface area (Å²) in [5.74, 6) is 0.0299. The maximum Gasteiger partial charge on any atom is 0.241 e. The summed E-state index contributed by atoms with van der Waals surface area (Å²) < 4.78 is 6.18. The summed E-state index contributed by atoms with van der Waals surface area (Å²) in [5.41, 5.74) is 1.58. The fourth-order valence-corrected chi connectivity index (χ4v) is 2.82. The largest absolute Gasteiger partial charge is 0.463 e. The molecule has 1 aliphatic heterocycles. The van der Waals surface area contributed by atoms with Crippen LogP contribution < -0.4 is 10.6 Å². The van der Waals surface area contributed by atoms with Crippen LogP contribution in [0.15, 0.2) is 33.4 Å². The van der Waals surface area contributed by atoms with E-state index >= 15 is 0 Å². The Morgan fingerprint density at radius 1 is 1.50 bits per heavy atom. The SMILES string of the molecule is O=C(Nc1cc(Br)c2occc2c1)[C@@H]1CCCN1. The third-order valence-corrected chi connectivity index (χ3v) is 3.74. The molecule has 2 heterocycles. The van der Waals surface area contributed by atoms with Gasteiger partial charge >= 0.3 is 0 Å². The molecule has 5 heteroatoms. The number of nitrogens with one attached hydrogen (secondary N) is 2. The van der Waals surface area contributed by atoms with Crippen LogP contribution in [0.4, 0.5) is 5.69 Å². The maximum absolute atomic E-state index is 12.0. The van der Waals surface area contributed by atoms with Crippen molar-refractivity contribution < 1.29 is 9.21 Å². The Morgan fingerprint density at radius 3 is 3.17 bits per heavy atom. The highest BCUT2D eigenvalue weighted by Gasteiger charge is 2.22. The molecule has 0 unspecified atom stereocenters. The zero-order valence-corrected chi connectivity index (χ0v) is 11.3. The molecule has 1 aromatic carbocycles. The highest BCUT2D eigenvalue weighted by Crippen LogP contribution is 2.29. The lowest BCUT2D eigenvalue weighted by Crippen LogP contribution is -2.35. The molecule has 2 aromatic rings. The summed E-state index contributed by atoms with van der Waals surface area (Å²) >= 11 is 3.44. The van der Waals surface area contributed by atoms with Crippen molar-refractivity contribution in [2.24, 2.45) is 0 Å². The lowest BCUT2D eigenvalue weighted by molar-refractivity contribution is -0.117. The zero-order chi connectivity index (χ0) is 12.5. The Bertz CT molecular complexity index is 588. The van der Waals surface area contributed by atoms with E-state index in [-0.39, 0.29) is 11.9 Å². The minimum atomic E-state index is -0.0659. The molecule has 0 bridgehead atoms. The molecule has 18 heavy (non-hydrogen) atoms. The second-order valence-electron chi connectivity index (χ2n) is 4.44. The Labute approximate surface area is 113 Å². The predicted molar refractivity (Wildman–Crippen MR) is 73.6 cm³/mol. The van der Waals surface area contributed by atoms with Crippen LogP contribution in [0.5, 0.6) is 0 Å². The van der Waals surface area contributed by atoms with Crippen molar-refractivity contribution in [3.8, 4) is 0 Å². The van der Waals surface area contributed by atoms with Gasteiger partial charge in [-0.3, -0.25) is 4.79 Å². The van der Waals surface area contributed by atoms with Crippen molar-refractivity contribution >= 4 is 38.5 Å². The number of benzene rings is 1. The molecule has 4 nitrogen and oxygen atoms in total. The Hall–Kier alpha value is -1.33.